The first-order chi connectivity index (χ1) is 12.9. The van der Waals surface area contributed by atoms with Crippen molar-refractivity contribution in [3.63, 3.8) is 0 Å². The van der Waals surface area contributed by atoms with Crippen LogP contribution in [0.15, 0.2) is 52.5 Å². The van der Waals surface area contributed by atoms with Gasteiger partial charge in [-0.15, -0.1) is 0 Å². The number of primary amides is 1. The van der Waals surface area contributed by atoms with E-state index in [1.54, 1.807) is 43.5 Å². The third-order valence-electron chi connectivity index (χ3n) is 3.77. The number of urea groups is 1. The Morgan fingerprint density at radius 2 is 2.00 bits per heavy atom. The Morgan fingerprint density at radius 3 is 2.70 bits per heavy atom. The largest absolute Gasteiger partial charge is 0.351 e. The summed E-state index contributed by atoms with van der Waals surface area (Å²) in [6, 6.07) is 9.60. The van der Waals surface area contributed by atoms with Crippen LogP contribution in [-0.4, -0.2) is 31.7 Å². The molecular weight excluding hydrogens is 366 g/mol. The van der Waals surface area contributed by atoms with E-state index in [2.05, 4.69) is 9.97 Å². The summed E-state index contributed by atoms with van der Waals surface area (Å²) in [5.41, 5.74) is 6.15. The Hall–Kier alpha value is -3.20. The number of nitrogens with zero attached hydrogens (tertiary/aromatic N) is 3. The lowest BCUT2D eigenvalue weighted by atomic mass is 10.2. The van der Waals surface area contributed by atoms with Crippen molar-refractivity contribution >= 4 is 34.6 Å². The van der Waals surface area contributed by atoms with Gasteiger partial charge in [0, 0.05) is 6.20 Å². The molecule has 0 saturated carbocycles. The number of fused-ring (bicyclic) bond motifs is 1. The van der Waals surface area contributed by atoms with Crippen LogP contribution in [0.1, 0.15) is 12.5 Å². The maximum absolute atomic E-state index is 13.1. The van der Waals surface area contributed by atoms with Crippen LogP contribution in [0.3, 0.4) is 0 Å². The molecule has 1 atom stereocenters. The second-order valence-corrected chi connectivity index (χ2v) is 7.17. The molecule has 27 heavy (non-hydrogen) atoms. The molecule has 3 aromatic rings. The van der Waals surface area contributed by atoms with E-state index in [4.69, 9.17) is 5.73 Å². The molecule has 2 heterocycles. The van der Waals surface area contributed by atoms with E-state index in [-0.39, 0.29) is 5.56 Å². The SMILES string of the molecule is Cc1ccnc(-n2c(S[C@@H](C)C(=O)NC(N)=O)nc3ccccc3c2=O)c1. The normalized spacial score (nSPS) is 11.9. The van der Waals surface area contributed by atoms with Gasteiger partial charge >= 0.3 is 6.03 Å². The van der Waals surface area contributed by atoms with Crippen molar-refractivity contribution in [1.29, 1.82) is 0 Å². The predicted molar refractivity (Wildman–Crippen MR) is 103 cm³/mol. The summed E-state index contributed by atoms with van der Waals surface area (Å²) in [5.74, 6) is -0.165. The van der Waals surface area contributed by atoms with Gasteiger partial charge in [-0.05, 0) is 43.7 Å². The third kappa shape index (κ3) is 3.98. The molecule has 1 aromatic carbocycles. The van der Waals surface area contributed by atoms with Crippen LogP contribution in [0.25, 0.3) is 16.7 Å². The van der Waals surface area contributed by atoms with Crippen molar-refractivity contribution in [3.05, 3.63) is 58.5 Å². The molecule has 0 aliphatic carbocycles. The number of nitrogens with two attached hydrogens (primary N) is 1. The highest BCUT2D eigenvalue weighted by Gasteiger charge is 2.21. The summed E-state index contributed by atoms with van der Waals surface area (Å²) >= 11 is 1.04. The molecule has 8 nitrogen and oxygen atoms in total. The number of benzene rings is 1. The second-order valence-electron chi connectivity index (χ2n) is 5.86. The van der Waals surface area contributed by atoms with Crippen LogP contribution >= 0.6 is 11.8 Å². The fraction of sp³-hybridized carbons (Fsp3) is 0.167. The highest BCUT2D eigenvalue weighted by molar-refractivity contribution is 8.00. The summed E-state index contributed by atoms with van der Waals surface area (Å²) in [6.45, 7) is 3.48. The standard InChI is InChI=1S/C18H17N5O3S/c1-10-7-8-20-14(9-10)23-16(25)12-5-3-4-6-13(12)21-18(23)27-11(2)15(24)22-17(19)26/h3-9,11H,1-2H3,(H3,19,22,24,26)/t11-/m0/s1. The average Bonchev–Trinajstić information content (AvgIpc) is 2.61. The predicted octanol–water partition coefficient (Wildman–Crippen LogP) is 1.76. The van der Waals surface area contributed by atoms with Gasteiger partial charge in [-0.2, -0.15) is 0 Å². The summed E-state index contributed by atoms with van der Waals surface area (Å²) < 4.78 is 1.37. The molecule has 3 N–H and O–H groups in total. The number of hydrogen-bond donors (Lipinski definition) is 2. The number of nitrogens with one attached hydrogen (secondary N) is 1. The molecule has 9 heteroatoms. The summed E-state index contributed by atoms with van der Waals surface area (Å²) in [4.78, 5) is 44.9. The molecule has 0 saturated heterocycles. The minimum absolute atomic E-state index is 0.288. The number of aryl methyl sites for hydroxylation is 1. The summed E-state index contributed by atoms with van der Waals surface area (Å²) in [7, 11) is 0. The number of rotatable bonds is 4. The first-order valence-electron chi connectivity index (χ1n) is 8.08. The van der Waals surface area contributed by atoms with Crippen molar-refractivity contribution in [2.45, 2.75) is 24.3 Å². The minimum atomic E-state index is -0.934. The van der Waals surface area contributed by atoms with Crippen LogP contribution in [-0.2, 0) is 4.79 Å². The van der Waals surface area contributed by atoms with Crippen molar-refractivity contribution in [1.82, 2.24) is 19.9 Å². The fourth-order valence-electron chi connectivity index (χ4n) is 2.47. The minimum Gasteiger partial charge on any atom is -0.351 e. The Labute approximate surface area is 158 Å². The van der Waals surface area contributed by atoms with E-state index < -0.39 is 17.2 Å². The zero-order valence-corrected chi connectivity index (χ0v) is 15.5. The van der Waals surface area contributed by atoms with E-state index in [9.17, 15) is 14.4 Å². The van der Waals surface area contributed by atoms with E-state index in [1.807, 2.05) is 18.3 Å². The number of amides is 3. The van der Waals surface area contributed by atoms with Gasteiger partial charge in [0.25, 0.3) is 5.56 Å². The van der Waals surface area contributed by atoms with Gasteiger partial charge in [-0.25, -0.2) is 19.3 Å². The first kappa shape index (κ1) is 18.6. The van der Waals surface area contributed by atoms with Gasteiger partial charge in [0.15, 0.2) is 5.16 Å². The van der Waals surface area contributed by atoms with E-state index >= 15 is 0 Å². The molecule has 0 aliphatic rings. The Balaban J connectivity index is 2.15. The molecule has 0 radical (unpaired) electrons. The first-order valence-corrected chi connectivity index (χ1v) is 8.96. The number of imide groups is 1. The van der Waals surface area contributed by atoms with Crippen molar-refractivity contribution in [3.8, 4) is 5.82 Å². The zero-order chi connectivity index (χ0) is 19.6. The zero-order valence-electron chi connectivity index (χ0n) is 14.7. The quantitative estimate of drug-likeness (QED) is 0.523. The maximum atomic E-state index is 13.1. The summed E-state index contributed by atoms with van der Waals surface area (Å²) in [6.07, 6.45) is 1.60. The number of pyridine rings is 1. The van der Waals surface area contributed by atoms with Crippen molar-refractivity contribution < 1.29 is 9.59 Å². The van der Waals surface area contributed by atoms with Crippen LogP contribution in [0.5, 0.6) is 0 Å². The summed E-state index contributed by atoms with van der Waals surface area (Å²) in [5, 5.41) is 2.06. The van der Waals surface area contributed by atoms with Gasteiger partial charge < -0.3 is 5.73 Å². The Bertz CT molecular complexity index is 1100. The number of aromatic nitrogens is 3. The highest BCUT2D eigenvalue weighted by atomic mass is 32.2. The number of carbonyl (C=O) groups excluding carboxylic acids is 2. The molecule has 2 aromatic heterocycles. The van der Waals surface area contributed by atoms with Gasteiger partial charge in [0.2, 0.25) is 5.91 Å². The Kier molecular flexibility index (Phi) is 5.22. The van der Waals surface area contributed by atoms with Crippen molar-refractivity contribution in [2.75, 3.05) is 0 Å². The van der Waals surface area contributed by atoms with Crippen LogP contribution in [0.4, 0.5) is 4.79 Å². The Morgan fingerprint density at radius 1 is 1.26 bits per heavy atom. The molecule has 0 fully saturated rings. The number of hydrogen-bond acceptors (Lipinski definition) is 6. The molecule has 0 unspecified atom stereocenters. The molecule has 138 valence electrons. The molecule has 3 amide bonds. The van der Waals surface area contributed by atoms with Gasteiger partial charge in [-0.1, -0.05) is 23.9 Å². The van der Waals surface area contributed by atoms with Gasteiger partial charge in [-0.3, -0.25) is 14.9 Å². The molecular formula is C18H17N5O3S. The highest BCUT2D eigenvalue weighted by Crippen LogP contribution is 2.24. The molecule has 0 bridgehead atoms. The van der Waals surface area contributed by atoms with Gasteiger partial charge in [0.1, 0.15) is 5.82 Å². The van der Waals surface area contributed by atoms with E-state index in [0.29, 0.717) is 21.9 Å². The van der Waals surface area contributed by atoms with Crippen LogP contribution in [0, 0.1) is 6.92 Å². The molecule has 0 spiro atoms. The topological polar surface area (TPSA) is 120 Å². The van der Waals surface area contributed by atoms with E-state index in [1.165, 1.54) is 4.57 Å². The average molecular weight is 383 g/mol. The lowest BCUT2D eigenvalue weighted by molar-refractivity contribution is -0.119. The number of thioether (sulfide) groups is 1. The molecule has 3 rings (SSSR count). The number of carbonyl (C=O) groups is 2. The fourth-order valence-corrected chi connectivity index (χ4v) is 3.39. The molecule has 0 aliphatic heterocycles. The number of para-hydroxylation sites is 1. The van der Waals surface area contributed by atoms with E-state index in [0.717, 1.165) is 17.3 Å². The van der Waals surface area contributed by atoms with Crippen molar-refractivity contribution in [2.24, 2.45) is 5.73 Å². The van der Waals surface area contributed by atoms with Crippen LogP contribution in [0.2, 0.25) is 0 Å². The lowest BCUT2D eigenvalue weighted by Crippen LogP contribution is -2.39. The second kappa shape index (κ2) is 7.58. The van der Waals surface area contributed by atoms with Crippen LogP contribution < -0.4 is 16.6 Å². The lowest BCUT2D eigenvalue weighted by Gasteiger charge is -2.15. The monoisotopic (exact) mass is 383 g/mol. The van der Waals surface area contributed by atoms with Gasteiger partial charge in [0.05, 0.1) is 16.2 Å². The maximum Gasteiger partial charge on any atom is 0.318 e. The smallest absolute Gasteiger partial charge is 0.318 e. The third-order valence-corrected chi connectivity index (χ3v) is 4.83.